The van der Waals surface area contributed by atoms with E-state index >= 15 is 0 Å². The fraction of sp³-hybridized carbons (Fsp3) is 0.115. The molecule has 0 bridgehead atoms. The van der Waals surface area contributed by atoms with Crippen molar-refractivity contribution in [3.05, 3.63) is 124 Å². The van der Waals surface area contributed by atoms with Gasteiger partial charge in [-0.25, -0.2) is 0 Å². The van der Waals surface area contributed by atoms with Gasteiger partial charge in [-0.1, -0.05) is 72.8 Å². The predicted octanol–water partition coefficient (Wildman–Crippen LogP) is 4.84. The largest absolute Gasteiger partial charge is 0.350 e. The van der Waals surface area contributed by atoms with E-state index in [0.29, 0.717) is 18.8 Å². The highest BCUT2D eigenvalue weighted by atomic mass is 32.1. The average molecular weight is 442 g/mol. The van der Waals surface area contributed by atoms with Crippen LogP contribution in [0.3, 0.4) is 0 Å². The number of carbonyl (C=O) groups is 2. The zero-order valence-corrected chi connectivity index (χ0v) is 18.2. The van der Waals surface area contributed by atoms with Crippen LogP contribution >= 0.6 is 11.3 Å². The van der Waals surface area contributed by atoms with Crippen LogP contribution in [0, 0.1) is 0 Å². The van der Waals surface area contributed by atoms with Crippen molar-refractivity contribution in [3.8, 4) is 0 Å². The number of nitrogens with one attached hydrogen (secondary N) is 1. The molecule has 160 valence electrons. The van der Waals surface area contributed by atoms with Crippen molar-refractivity contribution in [2.24, 2.45) is 0 Å². The van der Waals surface area contributed by atoms with Gasteiger partial charge in [-0.05, 0) is 34.7 Å². The number of nitrogens with zero attached hydrogens (tertiary/aromatic N) is 2. The Morgan fingerprint density at radius 1 is 0.875 bits per heavy atom. The minimum atomic E-state index is -0.795. The molecule has 2 heterocycles. The second kappa shape index (κ2) is 10.5. The molecule has 0 radical (unpaired) electrons. The summed E-state index contributed by atoms with van der Waals surface area (Å²) >= 11 is 1.55. The van der Waals surface area contributed by atoms with Crippen LogP contribution in [0.5, 0.6) is 0 Å². The van der Waals surface area contributed by atoms with Crippen LogP contribution in [-0.4, -0.2) is 21.7 Å². The molecule has 0 saturated carbocycles. The molecule has 4 rings (SSSR count). The minimum absolute atomic E-state index is 0.235. The van der Waals surface area contributed by atoms with E-state index in [4.69, 9.17) is 0 Å². The summed E-state index contributed by atoms with van der Waals surface area (Å²) in [5, 5.41) is 4.98. The van der Waals surface area contributed by atoms with Crippen molar-refractivity contribution in [2.45, 2.75) is 19.1 Å². The molecule has 5 nitrogen and oxygen atoms in total. The van der Waals surface area contributed by atoms with Gasteiger partial charge in [0.2, 0.25) is 5.91 Å². The molecule has 1 atom stereocenters. The summed E-state index contributed by atoms with van der Waals surface area (Å²) in [5.41, 5.74) is 2.05. The Morgan fingerprint density at radius 2 is 1.59 bits per heavy atom. The van der Waals surface area contributed by atoms with Gasteiger partial charge in [0.1, 0.15) is 11.7 Å². The van der Waals surface area contributed by atoms with Crippen molar-refractivity contribution < 1.29 is 9.59 Å². The highest BCUT2D eigenvalue weighted by Gasteiger charge is 2.32. The van der Waals surface area contributed by atoms with E-state index in [1.54, 1.807) is 40.6 Å². The lowest BCUT2D eigenvalue weighted by atomic mass is 10.0. The highest BCUT2D eigenvalue weighted by molar-refractivity contribution is 7.09. The van der Waals surface area contributed by atoms with Crippen molar-refractivity contribution in [2.75, 3.05) is 0 Å². The van der Waals surface area contributed by atoms with E-state index in [1.165, 1.54) is 0 Å². The number of thiophene rings is 1. The number of hydrogen-bond acceptors (Lipinski definition) is 4. The fourth-order valence-electron chi connectivity index (χ4n) is 3.48. The summed E-state index contributed by atoms with van der Waals surface area (Å²) in [5.74, 6) is -0.524. The van der Waals surface area contributed by atoms with Gasteiger partial charge in [0, 0.05) is 17.6 Å². The van der Waals surface area contributed by atoms with E-state index in [-0.39, 0.29) is 11.8 Å². The number of amides is 2. The third-order valence-electron chi connectivity index (χ3n) is 5.04. The van der Waals surface area contributed by atoms with Gasteiger partial charge >= 0.3 is 0 Å². The SMILES string of the molecule is O=C(NCc1ccccc1)C(c1ccccc1)N(Cc1cccs1)C(=O)c1ccccn1. The number of aromatic nitrogens is 1. The molecular formula is C26H23N3O2S. The molecule has 0 spiro atoms. The third kappa shape index (κ3) is 5.28. The first-order valence-electron chi connectivity index (χ1n) is 10.3. The average Bonchev–Trinajstić information content (AvgIpc) is 3.37. The monoisotopic (exact) mass is 441 g/mol. The highest BCUT2D eigenvalue weighted by Crippen LogP contribution is 2.26. The van der Waals surface area contributed by atoms with Crippen molar-refractivity contribution in [1.29, 1.82) is 0 Å². The predicted molar refractivity (Wildman–Crippen MR) is 126 cm³/mol. The molecule has 2 aromatic heterocycles. The number of benzene rings is 2. The maximum Gasteiger partial charge on any atom is 0.273 e. The molecule has 1 unspecified atom stereocenters. The Bertz CT molecular complexity index is 1130. The summed E-state index contributed by atoms with van der Waals surface area (Å²) < 4.78 is 0. The van der Waals surface area contributed by atoms with Gasteiger partial charge in [-0.3, -0.25) is 14.6 Å². The summed E-state index contributed by atoms with van der Waals surface area (Å²) in [7, 11) is 0. The molecule has 0 aliphatic heterocycles. The van der Waals surface area contributed by atoms with Crippen molar-refractivity contribution >= 4 is 23.2 Å². The van der Waals surface area contributed by atoms with Crippen LogP contribution in [0.1, 0.15) is 32.5 Å². The van der Waals surface area contributed by atoms with Gasteiger partial charge in [-0.2, -0.15) is 0 Å². The zero-order valence-electron chi connectivity index (χ0n) is 17.4. The van der Waals surface area contributed by atoms with Gasteiger partial charge in [0.05, 0.1) is 6.54 Å². The van der Waals surface area contributed by atoms with E-state index in [1.807, 2.05) is 78.2 Å². The standard InChI is InChI=1S/C26H23N3O2S/c30-25(28-18-20-10-3-1-4-11-20)24(21-12-5-2-6-13-21)29(19-22-14-9-17-32-22)26(31)23-15-7-8-16-27-23/h1-17,24H,18-19H2,(H,28,30). The van der Waals surface area contributed by atoms with Crippen molar-refractivity contribution in [3.63, 3.8) is 0 Å². The Morgan fingerprint density at radius 3 is 2.25 bits per heavy atom. The number of pyridine rings is 1. The lowest BCUT2D eigenvalue weighted by Gasteiger charge is -2.31. The van der Waals surface area contributed by atoms with Crippen LogP contribution in [0.4, 0.5) is 0 Å². The molecule has 1 N–H and O–H groups in total. The lowest BCUT2D eigenvalue weighted by molar-refractivity contribution is -0.126. The van der Waals surface area contributed by atoms with E-state index in [9.17, 15) is 9.59 Å². The van der Waals surface area contributed by atoms with E-state index in [2.05, 4.69) is 10.3 Å². The molecule has 2 aromatic carbocycles. The van der Waals surface area contributed by atoms with Gasteiger partial charge in [0.15, 0.2) is 0 Å². The fourth-order valence-corrected chi connectivity index (χ4v) is 4.18. The first kappa shape index (κ1) is 21.5. The second-order valence-electron chi connectivity index (χ2n) is 7.24. The minimum Gasteiger partial charge on any atom is -0.350 e. The maximum atomic E-state index is 13.6. The summed E-state index contributed by atoms with van der Waals surface area (Å²) in [4.78, 5) is 33.9. The van der Waals surface area contributed by atoms with Crippen molar-refractivity contribution in [1.82, 2.24) is 15.2 Å². The molecule has 0 fully saturated rings. The topological polar surface area (TPSA) is 62.3 Å². The second-order valence-corrected chi connectivity index (χ2v) is 8.28. The molecule has 0 saturated heterocycles. The Labute approximate surface area is 191 Å². The summed E-state index contributed by atoms with van der Waals surface area (Å²) in [6.45, 7) is 0.693. The van der Waals surface area contributed by atoms with Crippen LogP contribution in [-0.2, 0) is 17.9 Å². The molecule has 0 aliphatic rings. The summed E-state index contributed by atoms with van der Waals surface area (Å²) in [6, 6.07) is 27.4. The smallest absolute Gasteiger partial charge is 0.273 e. The quantitative estimate of drug-likeness (QED) is 0.425. The third-order valence-corrected chi connectivity index (χ3v) is 5.90. The van der Waals surface area contributed by atoms with Gasteiger partial charge in [0.25, 0.3) is 5.91 Å². The Kier molecular flexibility index (Phi) is 7.05. The Hall–Kier alpha value is -3.77. The number of hydrogen-bond donors (Lipinski definition) is 1. The normalized spacial score (nSPS) is 11.5. The van der Waals surface area contributed by atoms with Crippen LogP contribution in [0.25, 0.3) is 0 Å². The molecule has 6 heteroatoms. The summed E-state index contributed by atoms with van der Waals surface area (Å²) in [6.07, 6.45) is 1.59. The Balaban J connectivity index is 1.68. The maximum absolute atomic E-state index is 13.6. The van der Waals surface area contributed by atoms with Gasteiger partial charge < -0.3 is 10.2 Å². The first-order chi connectivity index (χ1) is 15.7. The number of rotatable bonds is 8. The van der Waals surface area contributed by atoms with Crippen LogP contribution < -0.4 is 5.32 Å². The van der Waals surface area contributed by atoms with Crippen LogP contribution in [0.15, 0.2) is 103 Å². The molecule has 4 aromatic rings. The molecule has 32 heavy (non-hydrogen) atoms. The number of carbonyl (C=O) groups excluding carboxylic acids is 2. The first-order valence-corrected chi connectivity index (χ1v) is 11.2. The molecule has 2 amide bonds. The molecule has 0 aliphatic carbocycles. The van der Waals surface area contributed by atoms with Gasteiger partial charge in [-0.15, -0.1) is 11.3 Å². The zero-order chi connectivity index (χ0) is 22.2. The van der Waals surface area contributed by atoms with E-state index in [0.717, 1.165) is 16.0 Å². The van der Waals surface area contributed by atoms with E-state index < -0.39 is 6.04 Å². The lowest BCUT2D eigenvalue weighted by Crippen LogP contribution is -2.43. The van der Waals surface area contributed by atoms with Crippen LogP contribution in [0.2, 0.25) is 0 Å². The molecular weight excluding hydrogens is 418 g/mol.